The summed E-state index contributed by atoms with van der Waals surface area (Å²) in [4.78, 5) is 0. The molecule has 0 aliphatic heterocycles. The maximum atomic E-state index is 10.3. The molecule has 0 amide bonds. The smallest absolute Gasteiger partial charge is 0.0645 e. The van der Waals surface area contributed by atoms with Crippen LogP contribution in [0, 0.1) is 0 Å². The maximum Gasteiger partial charge on any atom is 0.0645 e. The minimum Gasteiger partial charge on any atom is -0.309 e. The van der Waals surface area contributed by atoms with Gasteiger partial charge >= 0.3 is 0 Å². The number of hydrogen-bond donors (Lipinski definition) is 0. The number of hydrogen-bond acceptors (Lipinski definition) is 0. The van der Waals surface area contributed by atoms with E-state index < -0.39 is 166 Å². The lowest BCUT2D eigenvalue weighted by Gasteiger charge is -2.12. The van der Waals surface area contributed by atoms with E-state index in [0.717, 1.165) is 10.1 Å². The Kier molecular flexibility index (Phi) is 3.81. The number of nitrogens with zero attached hydrogens (tertiary/aromatic N) is 3. The number of fused-ring (bicyclic) bond motifs is 9. The van der Waals surface area contributed by atoms with Crippen molar-refractivity contribution in [1.82, 2.24) is 13.7 Å². The SMILES string of the molecule is [2H]c1c([2H])c([2H])c2c(c1[2H])c1c(-c3c([2H])c([2H])c4c(c3[2H])c3c([2H])c([2H])c([2H])c([2H])c3n4-c3c([2H])c([2H])c([2H])c4c3c3c([2H])c([2H])c([2H])c([2H])c3n4-c3ccccc3)c([2H])c([2H])c([2H])c1n2-c1cccc(-c2ccccc2)c1. The molecule has 3 heterocycles. The number of aromatic nitrogens is 3. The highest BCUT2D eigenvalue weighted by molar-refractivity contribution is 6.19. The molecule has 3 aromatic heterocycles. The molecule has 0 aliphatic carbocycles. The van der Waals surface area contributed by atoms with Crippen LogP contribution in [0.2, 0.25) is 0 Å². The standard InChI is InChI=1S/C54H35N3/c1-3-16-36(17-4-1)37-18-13-21-40(34-37)56-47-27-11-8-23-43(47)53-41(25-14-29-50(53)56)38-32-33-49-45(35-38)42-22-7-10-26-46(42)57(49)52-31-15-30-51-54(52)44-24-9-12-28-48(44)55(51)39-19-5-2-6-20-39/h1-35H/i7D,8D,9D,10D,11D,12D,14D,15D,22D,23D,24D,25D,26D,27D,28D,29D,30D,31D,32D,33D,35D. The summed E-state index contributed by atoms with van der Waals surface area (Å²) >= 11 is 0. The van der Waals surface area contributed by atoms with Crippen molar-refractivity contribution in [3.63, 3.8) is 0 Å². The molecule has 57 heavy (non-hydrogen) atoms. The molecule has 3 heteroatoms. The van der Waals surface area contributed by atoms with Gasteiger partial charge in [-0.2, -0.15) is 0 Å². The van der Waals surface area contributed by atoms with E-state index in [-0.39, 0.29) is 55.0 Å². The van der Waals surface area contributed by atoms with Gasteiger partial charge in [0.15, 0.2) is 0 Å². The number of para-hydroxylation sites is 4. The molecule has 0 fully saturated rings. The van der Waals surface area contributed by atoms with Crippen molar-refractivity contribution < 1.29 is 28.8 Å². The zero-order valence-corrected chi connectivity index (χ0v) is 29.4. The lowest BCUT2D eigenvalue weighted by Crippen LogP contribution is -1.96. The molecule has 0 spiro atoms. The van der Waals surface area contributed by atoms with E-state index in [4.69, 9.17) is 8.22 Å². The van der Waals surface area contributed by atoms with Crippen LogP contribution in [-0.4, -0.2) is 13.7 Å². The Morgan fingerprint density at radius 3 is 1.63 bits per heavy atom. The Labute approximate surface area is 359 Å². The Balaban J connectivity index is 1.32. The van der Waals surface area contributed by atoms with Gasteiger partial charge in [0.05, 0.1) is 67.6 Å². The fourth-order valence-electron chi connectivity index (χ4n) is 7.90. The van der Waals surface area contributed by atoms with Crippen LogP contribution in [0.15, 0.2) is 212 Å². The Morgan fingerprint density at radius 2 is 0.877 bits per heavy atom. The van der Waals surface area contributed by atoms with Crippen molar-refractivity contribution in [3.05, 3.63) is 212 Å². The van der Waals surface area contributed by atoms with Crippen LogP contribution in [-0.2, 0) is 0 Å². The van der Waals surface area contributed by atoms with Crippen LogP contribution in [0.1, 0.15) is 28.8 Å². The highest BCUT2D eigenvalue weighted by Crippen LogP contribution is 2.43. The van der Waals surface area contributed by atoms with Crippen LogP contribution >= 0.6 is 0 Å². The first kappa shape index (κ1) is 17.5. The van der Waals surface area contributed by atoms with Crippen molar-refractivity contribution in [1.29, 1.82) is 0 Å². The van der Waals surface area contributed by atoms with Gasteiger partial charge in [-0.05, 0) is 94.9 Å². The molecule has 0 radical (unpaired) electrons. The largest absolute Gasteiger partial charge is 0.309 e. The van der Waals surface area contributed by atoms with Gasteiger partial charge in [-0.3, -0.25) is 0 Å². The second-order valence-corrected chi connectivity index (χ2v) is 13.3. The van der Waals surface area contributed by atoms with E-state index in [0.29, 0.717) is 5.56 Å². The van der Waals surface area contributed by atoms with Gasteiger partial charge in [-0.25, -0.2) is 0 Å². The van der Waals surface area contributed by atoms with E-state index in [1.54, 1.807) is 48.5 Å². The third-order valence-corrected chi connectivity index (χ3v) is 10.3. The van der Waals surface area contributed by atoms with Crippen molar-refractivity contribution in [2.24, 2.45) is 0 Å². The highest BCUT2D eigenvalue weighted by atomic mass is 15.0. The Bertz CT molecular complexity index is 4740. The predicted molar refractivity (Wildman–Crippen MR) is 240 cm³/mol. The first-order valence-electron chi connectivity index (χ1n) is 28.4. The first-order chi connectivity index (χ1) is 37.1. The normalized spacial score (nSPS) is 17.0. The summed E-state index contributed by atoms with van der Waals surface area (Å²) in [6.45, 7) is 0. The molecule has 0 saturated carbocycles. The Hall–Kier alpha value is -7.62. The summed E-state index contributed by atoms with van der Waals surface area (Å²) in [5, 5.41) is -1.97. The van der Waals surface area contributed by atoms with Gasteiger partial charge in [0, 0.05) is 43.7 Å². The molecule has 0 unspecified atom stereocenters. The summed E-state index contributed by atoms with van der Waals surface area (Å²) in [6, 6.07) is 9.06. The monoisotopic (exact) mass is 746 g/mol. The van der Waals surface area contributed by atoms with Gasteiger partial charge < -0.3 is 13.7 Å². The fourth-order valence-corrected chi connectivity index (χ4v) is 7.90. The van der Waals surface area contributed by atoms with Gasteiger partial charge in [0.2, 0.25) is 0 Å². The fraction of sp³-hybridized carbons (Fsp3) is 0. The second kappa shape index (κ2) is 12.5. The average Bonchev–Trinajstić information content (AvgIpc) is 4.33. The zero-order valence-electron chi connectivity index (χ0n) is 50.4. The van der Waals surface area contributed by atoms with Crippen molar-refractivity contribution >= 4 is 65.4 Å². The summed E-state index contributed by atoms with van der Waals surface area (Å²) in [6.07, 6.45) is 0. The van der Waals surface area contributed by atoms with Crippen LogP contribution in [0.25, 0.3) is 105 Å². The summed E-state index contributed by atoms with van der Waals surface area (Å²) < 4.78 is 200. The topological polar surface area (TPSA) is 14.8 Å². The number of rotatable bonds is 5. The van der Waals surface area contributed by atoms with Crippen molar-refractivity contribution in [3.8, 4) is 39.3 Å². The minimum atomic E-state index is -0.869. The summed E-state index contributed by atoms with van der Waals surface area (Å²) in [5.41, 5.74) is -1.39. The van der Waals surface area contributed by atoms with Crippen LogP contribution in [0.5, 0.6) is 0 Å². The molecule has 3 nitrogen and oxygen atoms in total. The molecular weight excluding hydrogens is 691 g/mol. The molecule has 0 bridgehead atoms. The zero-order chi connectivity index (χ0) is 55.7. The van der Waals surface area contributed by atoms with E-state index in [2.05, 4.69) is 0 Å². The van der Waals surface area contributed by atoms with Crippen molar-refractivity contribution in [2.45, 2.75) is 0 Å². The predicted octanol–water partition coefficient (Wildman–Crippen LogP) is 14.3. The third-order valence-electron chi connectivity index (χ3n) is 10.3. The average molecular weight is 747 g/mol. The third kappa shape index (κ3) is 4.73. The first-order valence-corrected chi connectivity index (χ1v) is 17.9. The summed E-state index contributed by atoms with van der Waals surface area (Å²) in [5.74, 6) is 0. The van der Waals surface area contributed by atoms with E-state index >= 15 is 0 Å². The lowest BCUT2D eigenvalue weighted by molar-refractivity contribution is 1.17. The molecule has 0 atom stereocenters. The molecule has 0 aliphatic rings. The molecule has 266 valence electrons. The van der Waals surface area contributed by atoms with Gasteiger partial charge in [0.1, 0.15) is 0 Å². The molecule has 0 N–H and O–H groups in total. The van der Waals surface area contributed by atoms with Crippen LogP contribution in [0.4, 0.5) is 0 Å². The lowest BCUT2D eigenvalue weighted by atomic mass is 9.98. The van der Waals surface area contributed by atoms with E-state index in [1.165, 1.54) is 9.13 Å². The van der Waals surface area contributed by atoms with Crippen LogP contribution < -0.4 is 0 Å². The molecule has 0 saturated heterocycles. The van der Waals surface area contributed by atoms with Crippen LogP contribution in [0.3, 0.4) is 0 Å². The molecule has 9 aromatic carbocycles. The molecule has 12 rings (SSSR count). The van der Waals surface area contributed by atoms with Gasteiger partial charge in [-0.15, -0.1) is 0 Å². The quantitative estimate of drug-likeness (QED) is 0.167. The van der Waals surface area contributed by atoms with Gasteiger partial charge in [0.25, 0.3) is 0 Å². The van der Waals surface area contributed by atoms with E-state index in [1.807, 2.05) is 36.4 Å². The molecule has 12 aromatic rings. The van der Waals surface area contributed by atoms with Gasteiger partial charge in [-0.1, -0.05) is 139 Å². The number of benzene rings is 9. The maximum absolute atomic E-state index is 10.3. The highest BCUT2D eigenvalue weighted by Gasteiger charge is 2.21. The molecular formula is C54H35N3. The van der Waals surface area contributed by atoms with E-state index in [9.17, 15) is 20.6 Å². The Morgan fingerprint density at radius 1 is 0.333 bits per heavy atom. The van der Waals surface area contributed by atoms with Crippen molar-refractivity contribution in [2.75, 3.05) is 0 Å². The summed E-state index contributed by atoms with van der Waals surface area (Å²) in [7, 11) is 0. The minimum absolute atomic E-state index is 0.180. The second-order valence-electron chi connectivity index (χ2n) is 13.3.